The molecule has 0 radical (unpaired) electrons. The second kappa shape index (κ2) is 5.79. The highest BCUT2D eigenvalue weighted by Gasteiger charge is 2.17. The first kappa shape index (κ1) is 13.9. The van der Waals surface area contributed by atoms with Crippen LogP contribution in [0.2, 0.25) is 0 Å². The van der Waals surface area contributed by atoms with E-state index in [1.807, 2.05) is 6.07 Å². The number of fused-ring (bicyclic) bond motifs is 1. The molecule has 0 N–H and O–H groups in total. The van der Waals surface area contributed by atoms with Crippen molar-refractivity contribution in [2.45, 2.75) is 19.3 Å². The number of piperidine rings is 1. The van der Waals surface area contributed by atoms with E-state index in [1.165, 1.54) is 29.7 Å². The molecule has 1 aliphatic heterocycles. The molecule has 0 amide bonds. The average Bonchev–Trinajstić information content (AvgIpc) is 2.62. The topological polar surface area (TPSA) is 63.4 Å². The Kier molecular flexibility index (Phi) is 3.49. The van der Waals surface area contributed by atoms with E-state index >= 15 is 0 Å². The second-order valence-electron chi connectivity index (χ2n) is 5.69. The maximum absolute atomic E-state index is 12.3. The third-order valence-corrected chi connectivity index (χ3v) is 4.17. The summed E-state index contributed by atoms with van der Waals surface area (Å²) in [5.74, 6) is 0.394. The van der Waals surface area contributed by atoms with Crippen LogP contribution in [0.5, 0.6) is 0 Å². The summed E-state index contributed by atoms with van der Waals surface area (Å²) in [7, 11) is 0. The van der Waals surface area contributed by atoms with Crippen molar-refractivity contribution in [1.29, 1.82) is 0 Å². The van der Waals surface area contributed by atoms with Gasteiger partial charge in [0.1, 0.15) is 11.4 Å². The van der Waals surface area contributed by atoms with Crippen LogP contribution in [-0.2, 0) is 0 Å². The molecule has 4 heterocycles. The van der Waals surface area contributed by atoms with Gasteiger partial charge in [-0.05, 0) is 37.5 Å². The molecule has 3 aromatic rings. The summed E-state index contributed by atoms with van der Waals surface area (Å²) in [6.07, 6.45) is 8.69. The lowest BCUT2D eigenvalue weighted by Crippen LogP contribution is -2.30. The highest BCUT2D eigenvalue weighted by atomic mass is 16.1. The number of hydrogen-bond donors (Lipinski definition) is 0. The minimum atomic E-state index is -0.145. The maximum Gasteiger partial charge on any atom is 0.259 e. The van der Waals surface area contributed by atoms with Gasteiger partial charge in [0.05, 0.1) is 5.69 Å². The number of hydrogen-bond acceptors (Lipinski definition) is 5. The van der Waals surface area contributed by atoms with E-state index in [2.05, 4.69) is 25.9 Å². The smallest absolute Gasteiger partial charge is 0.259 e. The van der Waals surface area contributed by atoms with Gasteiger partial charge in [-0.25, -0.2) is 9.97 Å². The van der Waals surface area contributed by atoms with Crippen LogP contribution in [0.4, 0.5) is 5.69 Å². The molecule has 116 valence electrons. The zero-order valence-corrected chi connectivity index (χ0v) is 12.7. The maximum atomic E-state index is 12.3. The summed E-state index contributed by atoms with van der Waals surface area (Å²) < 4.78 is 1.44. The SMILES string of the molecule is O=c1cc(-c2ncccc2N2CCCCC2)nc2ncccn12. The molecule has 0 unspecified atom stereocenters. The van der Waals surface area contributed by atoms with E-state index in [9.17, 15) is 4.79 Å². The van der Waals surface area contributed by atoms with Gasteiger partial charge in [-0.3, -0.25) is 14.2 Å². The molecule has 1 fully saturated rings. The van der Waals surface area contributed by atoms with Crippen molar-refractivity contribution in [1.82, 2.24) is 19.4 Å². The lowest BCUT2D eigenvalue weighted by molar-refractivity contribution is 0.577. The van der Waals surface area contributed by atoms with Crippen LogP contribution in [0.3, 0.4) is 0 Å². The van der Waals surface area contributed by atoms with E-state index in [0.717, 1.165) is 24.5 Å². The molecule has 6 nitrogen and oxygen atoms in total. The van der Waals surface area contributed by atoms with Gasteiger partial charge in [0.2, 0.25) is 5.78 Å². The van der Waals surface area contributed by atoms with Crippen molar-refractivity contribution in [3.05, 3.63) is 53.2 Å². The van der Waals surface area contributed by atoms with Crippen LogP contribution < -0.4 is 10.5 Å². The lowest BCUT2D eigenvalue weighted by atomic mass is 10.1. The fourth-order valence-electron chi connectivity index (χ4n) is 3.05. The van der Waals surface area contributed by atoms with Crippen LogP contribution >= 0.6 is 0 Å². The van der Waals surface area contributed by atoms with E-state index in [0.29, 0.717) is 11.5 Å². The summed E-state index contributed by atoms with van der Waals surface area (Å²) in [6.45, 7) is 2.03. The van der Waals surface area contributed by atoms with Gasteiger partial charge < -0.3 is 4.90 Å². The molecule has 23 heavy (non-hydrogen) atoms. The molecule has 0 aliphatic carbocycles. The quantitative estimate of drug-likeness (QED) is 0.726. The van der Waals surface area contributed by atoms with E-state index in [1.54, 1.807) is 24.7 Å². The molecule has 3 aromatic heterocycles. The monoisotopic (exact) mass is 307 g/mol. The standard InChI is InChI=1S/C17H17N5O/c23-15-12-13(20-17-19-8-5-11-22(15)17)16-14(6-4-7-18-16)21-9-2-1-3-10-21/h4-8,11-12H,1-3,9-10H2. The molecule has 0 spiro atoms. The van der Waals surface area contributed by atoms with Crippen molar-refractivity contribution in [3.8, 4) is 11.4 Å². The molecular weight excluding hydrogens is 290 g/mol. The van der Waals surface area contributed by atoms with Gasteiger partial charge in [0.15, 0.2) is 0 Å². The average molecular weight is 307 g/mol. The van der Waals surface area contributed by atoms with E-state index in [4.69, 9.17) is 0 Å². The highest BCUT2D eigenvalue weighted by Crippen LogP contribution is 2.28. The summed E-state index contributed by atoms with van der Waals surface area (Å²) >= 11 is 0. The summed E-state index contributed by atoms with van der Waals surface area (Å²) in [6, 6.07) is 7.23. The van der Waals surface area contributed by atoms with Crippen molar-refractivity contribution in [2.24, 2.45) is 0 Å². The van der Waals surface area contributed by atoms with Crippen molar-refractivity contribution in [2.75, 3.05) is 18.0 Å². The predicted octanol–water partition coefficient (Wildman–Crippen LogP) is 2.14. The fraction of sp³-hybridized carbons (Fsp3) is 0.294. The Balaban J connectivity index is 1.86. The Morgan fingerprint density at radius 1 is 1.00 bits per heavy atom. The first-order valence-corrected chi connectivity index (χ1v) is 7.88. The van der Waals surface area contributed by atoms with Crippen molar-refractivity contribution < 1.29 is 0 Å². The molecule has 0 aromatic carbocycles. The first-order chi connectivity index (χ1) is 11.3. The highest BCUT2D eigenvalue weighted by molar-refractivity contribution is 5.73. The molecular formula is C17H17N5O. The largest absolute Gasteiger partial charge is 0.370 e. The summed E-state index contributed by atoms with van der Waals surface area (Å²) in [5.41, 5.74) is 2.22. The zero-order chi connectivity index (χ0) is 15.6. The van der Waals surface area contributed by atoms with Crippen LogP contribution in [-0.4, -0.2) is 32.4 Å². The lowest BCUT2D eigenvalue weighted by Gasteiger charge is -2.29. The van der Waals surface area contributed by atoms with Gasteiger partial charge >= 0.3 is 0 Å². The first-order valence-electron chi connectivity index (χ1n) is 7.88. The third-order valence-electron chi connectivity index (χ3n) is 4.17. The van der Waals surface area contributed by atoms with E-state index < -0.39 is 0 Å². The van der Waals surface area contributed by atoms with Gasteiger partial charge in [-0.2, -0.15) is 0 Å². The Bertz CT molecular complexity index is 899. The Hall–Kier alpha value is -2.76. The molecule has 0 saturated carbocycles. The van der Waals surface area contributed by atoms with Gasteiger partial charge in [-0.1, -0.05) is 0 Å². The Labute approximate surface area is 133 Å². The predicted molar refractivity (Wildman–Crippen MR) is 88.6 cm³/mol. The number of rotatable bonds is 2. The van der Waals surface area contributed by atoms with Crippen LogP contribution in [0.15, 0.2) is 47.7 Å². The number of nitrogens with zero attached hydrogens (tertiary/aromatic N) is 5. The summed E-state index contributed by atoms with van der Waals surface area (Å²) in [4.78, 5) is 27.8. The van der Waals surface area contributed by atoms with Crippen molar-refractivity contribution >= 4 is 11.5 Å². The third kappa shape index (κ3) is 2.56. The minimum Gasteiger partial charge on any atom is -0.370 e. The van der Waals surface area contributed by atoms with Crippen LogP contribution in [0, 0.1) is 0 Å². The van der Waals surface area contributed by atoms with Gasteiger partial charge in [0, 0.05) is 37.7 Å². The molecule has 1 saturated heterocycles. The van der Waals surface area contributed by atoms with Crippen molar-refractivity contribution in [3.63, 3.8) is 0 Å². The Morgan fingerprint density at radius 2 is 1.83 bits per heavy atom. The van der Waals surface area contributed by atoms with Crippen LogP contribution in [0.25, 0.3) is 17.2 Å². The fourth-order valence-corrected chi connectivity index (χ4v) is 3.05. The van der Waals surface area contributed by atoms with Crippen LogP contribution in [0.1, 0.15) is 19.3 Å². The molecule has 1 aliphatic rings. The molecule has 0 atom stereocenters. The molecule has 4 rings (SSSR count). The summed E-state index contributed by atoms with van der Waals surface area (Å²) in [5, 5.41) is 0. The minimum absolute atomic E-state index is 0.145. The van der Waals surface area contributed by atoms with Gasteiger partial charge in [-0.15, -0.1) is 0 Å². The molecule has 6 heteroatoms. The zero-order valence-electron chi connectivity index (χ0n) is 12.7. The number of pyridine rings is 1. The molecule has 0 bridgehead atoms. The number of aromatic nitrogens is 4. The normalized spacial score (nSPS) is 15.0. The Morgan fingerprint density at radius 3 is 2.70 bits per heavy atom. The second-order valence-corrected chi connectivity index (χ2v) is 5.69. The van der Waals surface area contributed by atoms with E-state index in [-0.39, 0.29) is 5.56 Å². The number of anilines is 1. The van der Waals surface area contributed by atoms with Gasteiger partial charge in [0.25, 0.3) is 5.56 Å².